The van der Waals surface area contributed by atoms with Crippen molar-refractivity contribution in [3.63, 3.8) is 0 Å². The summed E-state index contributed by atoms with van der Waals surface area (Å²) in [4.78, 5) is 0. The summed E-state index contributed by atoms with van der Waals surface area (Å²) in [6.07, 6.45) is 7.70. The zero-order chi connectivity index (χ0) is 8.81. The molecule has 4 N–H and O–H groups in total. The minimum Gasteiger partial charge on any atom is -0.327 e. The quantitative estimate of drug-likeness (QED) is 0.615. The van der Waals surface area contributed by atoms with Gasteiger partial charge in [0.25, 0.3) is 0 Å². The van der Waals surface area contributed by atoms with Crippen LogP contribution in [0, 0.1) is 0 Å². The maximum absolute atomic E-state index is 5.68. The first kappa shape index (κ1) is 9.75. The summed E-state index contributed by atoms with van der Waals surface area (Å²) in [5, 5.41) is 0. The van der Waals surface area contributed by atoms with Gasteiger partial charge in [0.2, 0.25) is 0 Å². The Kier molecular flexibility index (Phi) is 4.33. The third kappa shape index (κ3) is 2.61. The molecule has 0 fully saturated rings. The van der Waals surface area contributed by atoms with Crippen LogP contribution in [0.25, 0.3) is 0 Å². The van der Waals surface area contributed by atoms with Gasteiger partial charge >= 0.3 is 0 Å². The molecule has 0 aromatic heterocycles. The summed E-state index contributed by atoms with van der Waals surface area (Å²) in [7, 11) is 0. The predicted molar refractivity (Wildman–Crippen MR) is 52.8 cm³/mol. The lowest BCUT2D eigenvalue weighted by molar-refractivity contribution is 0.602. The van der Waals surface area contributed by atoms with Crippen LogP contribution in [0.2, 0.25) is 0 Å². The van der Waals surface area contributed by atoms with Gasteiger partial charge in [-0.05, 0) is 25.7 Å². The van der Waals surface area contributed by atoms with Gasteiger partial charge in [-0.15, -0.1) is 0 Å². The monoisotopic (exact) mass is 168 g/mol. The third-order valence-electron chi connectivity index (χ3n) is 2.70. The molecule has 0 saturated heterocycles. The van der Waals surface area contributed by atoms with Crippen LogP contribution in [0.15, 0.2) is 11.1 Å². The number of hydrogen-bond donors (Lipinski definition) is 2. The van der Waals surface area contributed by atoms with E-state index in [0.29, 0.717) is 13.1 Å². The van der Waals surface area contributed by atoms with Crippen LogP contribution in [-0.2, 0) is 0 Å². The van der Waals surface area contributed by atoms with Gasteiger partial charge in [-0.3, -0.25) is 0 Å². The molecular weight excluding hydrogens is 148 g/mol. The minimum absolute atomic E-state index is 0.715. The van der Waals surface area contributed by atoms with Crippen molar-refractivity contribution >= 4 is 0 Å². The van der Waals surface area contributed by atoms with E-state index in [9.17, 15) is 0 Å². The minimum atomic E-state index is 0.715. The van der Waals surface area contributed by atoms with Crippen LogP contribution in [0.5, 0.6) is 0 Å². The van der Waals surface area contributed by atoms with Crippen LogP contribution in [0.4, 0.5) is 0 Å². The van der Waals surface area contributed by atoms with Crippen LogP contribution < -0.4 is 11.5 Å². The molecule has 0 saturated carbocycles. The molecule has 0 aromatic rings. The van der Waals surface area contributed by atoms with Crippen molar-refractivity contribution in [2.24, 2.45) is 11.5 Å². The highest BCUT2D eigenvalue weighted by Gasteiger charge is 2.07. The zero-order valence-corrected chi connectivity index (χ0v) is 7.81. The molecule has 0 spiro atoms. The highest BCUT2D eigenvalue weighted by atomic mass is 14.6. The van der Waals surface area contributed by atoms with Crippen LogP contribution in [0.1, 0.15) is 38.5 Å². The van der Waals surface area contributed by atoms with Crippen LogP contribution in [-0.4, -0.2) is 13.1 Å². The van der Waals surface area contributed by atoms with E-state index in [2.05, 4.69) is 0 Å². The smallest absolute Gasteiger partial charge is 0.0140 e. The molecule has 2 nitrogen and oxygen atoms in total. The standard InChI is InChI=1S/C10H20N2/c11-7-9-5-3-1-2-4-6-10(9)8-12/h1-8,11-12H2. The molecule has 0 unspecified atom stereocenters. The molecule has 1 aliphatic carbocycles. The molecule has 1 aliphatic rings. The molecule has 12 heavy (non-hydrogen) atoms. The molecule has 0 bridgehead atoms. The van der Waals surface area contributed by atoms with E-state index in [4.69, 9.17) is 11.5 Å². The lowest BCUT2D eigenvalue weighted by Crippen LogP contribution is -2.14. The highest BCUT2D eigenvalue weighted by Crippen LogP contribution is 2.21. The second-order valence-corrected chi connectivity index (χ2v) is 3.53. The van der Waals surface area contributed by atoms with Gasteiger partial charge in [-0.2, -0.15) is 0 Å². The molecule has 0 aromatic carbocycles. The van der Waals surface area contributed by atoms with Gasteiger partial charge in [0.1, 0.15) is 0 Å². The van der Waals surface area contributed by atoms with Gasteiger partial charge in [-0.1, -0.05) is 24.0 Å². The van der Waals surface area contributed by atoms with E-state index in [1.165, 1.54) is 49.7 Å². The Balaban J connectivity index is 2.63. The summed E-state index contributed by atoms with van der Waals surface area (Å²) in [6.45, 7) is 1.43. The Bertz CT molecular complexity index is 143. The molecule has 0 radical (unpaired) electrons. The summed E-state index contributed by atoms with van der Waals surface area (Å²) in [5.74, 6) is 0. The van der Waals surface area contributed by atoms with E-state index in [1.807, 2.05) is 0 Å². The molecular formula is C10H20N2. The number of hydrogen-bond acceptors (Lipinski definition) is 2. The Morgan fingerprint density at radius 1 is 0.750 bits per heavy atom. The average Bonchev–Trinajstić information content (AvgIpc) is 2.05. The molecule has 70 valence electrons. The lowest BCUT2D eigenvalue weighted by atomic mass is 9.93. The Hall–Kier alpha value is -0.340. The van der Waals surface area contributed by atoms with E-state index in [0.717, 1.165) is 0 Å². The second kappa shape index (κ2) is 5.33. The zero-order valence-electron chi connectivity index (χ0n) is 7.81. The van der Waals surface area contributed by atoms with Gasteiger partial charge < -0.3 is 11.5 Å². The maximum Gasteiger partial charge on any atom is 0.0140 e. The Morgan fingerprint density at radius 3 is 1.50 bits per heavy atom. The van der Waals surface area contributed by atoms with Gasteiger partial charge in [0, 0.05) is 13.1 Å². The van der Waals surface area contributed by atoms with Crippen molar-refractivity contribution in [3.05, 3.63) is 11.1 Å². The van der Waals surface area contributed by atoms with Crippen molar-refractivity contribution in [2.45, 2.75) is 38.5 Å². The highest BCUT2D eigenvalue weighted by molar-refractivity contribution is 5.17. The van der Waals surface area contributed by atoms with Crippen molar-refractivity contribution < 1.29 is 0 Å². The van der Waals surface area contributed by atoms with Crippen LogP contribution >= 0.6 is 0 Å². The van der Waals surface area contributed by atoms with Gasteiger partial charge in [0.15, 0.2) is 0 Å². The van der Waals surface area contributed by atoms with Crippen molar-refractivity contribution in [1.29, 1.82) is 0 Å². The summed E-state index contributed by atoms with van der Waals surface area (Å²) in [6, 6.07) is 0. The number of nitrogens with two attached hydrogens (primary N) is 2. The van der Waals surface area contributed by atoms with Crippen molar-refractivity contribution in [3.8, 4) is 0 Å². The van der Waals surface area contributed by atoms with E-state index < -0.39 is 0 Å². The van der Waals surface area contributed by atoms with Crippen LogP contribution in [0.3, 0.4) is 0 Å². The fourth-order valence-electron chi connectivity index (χ4n) is 1.88. The molecule has 0 amide bonds. The molecule has 1 rings (SSSR count). The second-order valence-electron chi connectivity index (χ2n) is 3.53. The predicted octanol–water partition coefficient (Wildman–Crippen LogP) is 1.55. The van der Waals surface area contributed by atoms with Gasteiger partial charge in [0.05, 0.1) is 0 Å². The molecule has 0 heterocycles. The summed E-state index contributed by atoms with van der Waals surface area (Å²) in [5.41, 5.74) is 14.2. The van der Waals surface area contributed by atoms with Crippen molar-refractivity contribution in [1.82, 2.24) is 0 Å². The molecule has 0 aliphatic heterocycles. The topological polar surface area (TPSA) is 52.0 Å². The fraction of sp³-hybridized carbons (Fsp3) is 0.800. The first-order valence-corrected chi connectivity index (χ1v) is 4.98. The normalized spacial score (nSPS) is 20.5. The lowest BCUT2D eigenvalue weighted by Gasteiger charge is -2.15. The average molecular weight is 168 g/mol. The Morgan fingerprint density at radius 2 is 1.17 bits per heavy atom. The SMILES string of the molecule is NCC1=C(CN)CCCCCC1. The summed E-state index contributed by atoms with van der Waals surface area (Å²) >= 11 is 0. The first-order chi connectivity index (χ1) is 5.88. The molecule has 0 atom stereocenters. The fourth-order valence-corrected chi connectivity index (χ4v) is 1.88. The Labute approximate surface area is 75.0 Å². The van der Waals surface area contributed by atoms with E-state index in [-0.39, 0.29) is 0 Å². The third-order valence-corrected chi connectivity index (χ3v) is 2.70. The molecule has 2 heteroatoms. The largest absolute Gasteiger partial charge is 0.327 e. The van der Waals surface area contributed by atoms with E-state index >= 15 is 0 Å². The number of rotatable bonds is 2. The van der Waals surface area contributed by atoms with Gasteiger partial charge in [-0.25, -0.2) is 0 Å². The van der Waals surface area contributed by atoms with Crippen molar-refractivity contribution in [2.75, 3.05) is 13.1 Å². The first-order valence-electron chi connectivity index (χ1n) is 4.98. The summed E-state index contributed by atoms with van der Waals surface area (Å²) < 4.78 is 0. The van der Waals surface area contributed by atoms with E-state index in [1.54, 1.807) is 0 Å². The maximum atomic E-state index is 5.68.